The van der Waals surface area contributed by atoms with Crippen LogP contribution in [0.25, 0.3) is 0 Å². The lowest BCUT2D eigenvalue weighted by Gasteiger charge is -2.24. The number of nitrogens with zero attached hydrogens (tertiary/aromatic N) is 1. The fraction of sp³-hybridized carbons (Fsp3) is 0.938. The van der Waals surface area contributed by atoms with Gasteiger partial charge >= 0.3 is 0 Å². The Morgan fingerprint density at radius 2 is 2.00 bits per heavy atom. The fourth-order valence-corrected chi connectivity index (χ4v) is 3.94. The highest BCUT2D eigenvalue weighted by Gasteiger charge is 2.29. The Bertz CT molecular complexity index is 322. The molecule has 2 saturated heterocycles. The molecule has 1 amide bonds. The Labute approximate surface area is 122 Å². The normalized spacial score (nSPS) is 32.6. The topological polar surface area (TPSA) is 41.6 Å². The summed E-state index contributed by atoms with van der Waals surface area (Å²) in [5.74, 6) is 1.22. The van der Waals surface area contributed by atoms with E-state index in [1.807, 2.05) is 0 Å². The molecule has 4 nitrogen and oxygen atoms in total. The monoisotopic (exact) mass is 280 g/mol. The third kappa shape index (κ3) is 3.73. The van der Waals surface area contributed by atoms with Gasteiger partial charge in [0, 0.05) is 32.3 Å². The molecule has 0 aromatic rings. The van der Waals surface area contributed by atoms with Gasteiger partial charge in [-0.05, 0) is 38.0 Å². The van der Waals surface area contributed by atoms with Gasteiger partial charge in [0.25, 0.3) is 0 Å². The fourth-order valence-electron chi connectivity index (χ4n) is 3.94. The second-order valence-corrected chi connectivity index (χ2v) is 6.82. The highest BCUT2D eigenvalue weighted by Crippen LogP contribution is 2.26. The Hall–Kier alpha value is -0.610. The van der Waals surface area contributed by atoms with Crippen LogP contribution in [-0.4, -0.2) is 49.7 Å². The minimum Gasteiger partial charge on any atom is -0.381 e. The first-order valence-electron chi connectivity index (χ1n) is 8.42. The predicted octanol–water partition coefficient (Wildman–Crippen LogP) is 1.79. The van der Waals surface area contributed by atoms with Crippen molar-refractivity contribution >= 4 is 5.91 Å². The molecule has 3 rings (SSSR count). The van der Waals surface area contributed by atoms with E-state index in [4.69, 9.17) is 4.74 Å². The van der Waals surface area contributed by atoms with Gasteiger partial charge < -0.3 is 15.0 Å². The van der Waals surface area contributed by atoms with Crippen LogP contribution in [-0.2, 0) is 9.53 Å². The molecule has 2 heterocycles. The highest BCUT2D eigenvalue weighted by molar-refractivity contribution is 5.79. The van der Waals surface area contributed by atoms with Gasteiger partial charge in [-0.2, -0.15) is 0 Å². The van der Waals surface area contributed by atoms with Crippen LogP contribution in [0.1, 0.15) is 44.9 Å². The van der Waals surface area contributed by atoms with E-state index < -0.39 is 0 Å². The smallest absolute Gasteiger partial charge is 0.225 e. The molecule has 114 valence electrons. The molecule has 20 heavy (non-hydrogen) atoms. The van der Waals surface area contributed by atoms with E-state index in [0.717, 1.165) is 44.9 Å². The van der Waals surface area contributed by atoms with Crippen molar-refractivity contribution in [3.05, 3.63) is 0 Å². The molecule has 2 atom stereocenters. The van der Waals surface area contributed by atoms with Gasteiger partial charge in [0.1, 0.15) is 0 Å². The van der Waals surface area contributed by atoms with Crippen LogP contribution < -0.4 is 5.32 Å². The lowest BCUT2D eigenvalue weighted by molar-refractivity contribution is -0.129. The zero-order valence-electron chi connectivity index (χ0n) is 12.5. The highest BCUT2D eigenvalue weighted by atomic mass is 16.5. The zero-order chi connectivity index (χ0) is 13.8. The molecule has 3 fully saturated rings. The maximum atomic E-state index is 12.2. The molecule has 0 unspecified atom stereocenters. The second-order valence-electron chi connectivity index (χ2n) is 6.82. The average molecular weight is 280 g/mol. The molecule has 2 aliphatic heterocycles. The first-order chi connectivity index (χ1) is 9.81. The van der Waals surface area contributed by atoms with Crippen molar-refractivity contribution in [2.75, 3.05) is 32.8 Å². The van der Waals surface area contributed by atoms with Crippen LogP contribution in [0.2, 0.25) is 0 Å². The van der Waals surface area contributed by atoms with Crippen LogP contribution >= 0.6 is 0 Å². The number of nitrogens with one attached hydrogen (secondary N) is 1. The number of rotatable bonds is 4. The molecule has 0 aromatic heterocycles. The molecular weight excluding hydrogens is 252 g/mol. The Balaban J connectivity index is 1.39. The maximum Gasteiger partial charge on any atom is 0.225 e. The van der Waals surface area contributed by atoms with E-state index in [-0.39, 0.29) is 11.8 Å². The van der Waals surface area contributed by atoms with E-state index in [2.05, 4.69) is 10.2 Å². The summed E-state index contributed by atoms with van der Waals surface area (Å²) in [7, 11) is 0. The maximum absolute atomic E-state index is 12.2. The molecule has 0 spiro atoms. The molecule has 0 bridgehead atoms. The summed E-state index contributed by atoms with van der Waals surface area (Å²) in [6, 6.07) is 0.367. The van der Waals surface area contributed by atoms with E-state index in [0.29, 0.717) is 12.6 Å². The largest absolute Gasteiger partial charge is 0.381 e. The standard InChI is InChI=1S/C16H28N2O2/c19-16(14-6-3-9-20-12-14)17-15-7-8-18(11-15)10-13-4-1-2-5-13/h13-15H,1-12H2,(H,17,19)/t14-,15-/m0/s1. The van der Waals surface area contributed by atoms with Gasteiger partial charge in [-0.25, -0.2) is 0 Å². The SMILES string of the molecule is O=C(N[C@H]1CCN(CC2CCCC2)C1)[C@H]1CCCOC1. The number of hydrogen-bond donors (Lipinski definition) is 1. The molecular formula is C16H28N2O2. The van der Waals surface area contributed by atoms with Crippen LogP contribution in [0.15, 0.2) is 0 Å². The van der Waals surface area contributed by atoms with Crippen molar-refractivity contribution in [3.63, 3.8) is 0 Å². The number of likely N-dealkylation sites (tertiary alicyclic amines) is 1. The third-order valence-corrected chi connectivity index (χ3v) is 5.14. The second kappa shape index (κ2) is 6.90. The van der Waals surface area contributed by atoms with E-state index >= 15 is 0 Å². The first kappa shape index (κ1) is 14.3. The minimum absolute atomic E-state index is 0.0904. The lowest BCUT2D eigenvalue weighted by Crippen LogP contribution is -2.43. The Morgan fingerprint density at radius 1 is 1.15 bits per heavy atom. The molecule has 1 N–H and O–H groups in total. The van der Waals surface area contributed by atoms with Gasteiger partial charge in [0.2, 0.25) is 5.91 Å². The summed E-state index contributed by atoms with van der Waals surface area (Å²) in [5, 5.41) is 3.24. The van der Waals surface area contributed by atoms with Crippen LogP contribution in [0.4, 0.5) is 0 Å². The first-order valence-corrected chi connectivity index (χ1v) is 8.42. The van der Waals surface area contributed by atoms with Gasteiger partial charge in [0.05, 0.1) is 12.5 Å². The summed E-state index contributed by atoms with van der Waals surface area (Å²) >= 11 is 0. The predicted molar refractivity (Wildman–Crippen MR) is 78.5 cm³/mol. The number of carbonyl (C=O) groups excluding carboxylic acids is 1. The summed E-state index contributed by atoms with van der Waals surface area (Å²) in [6.45, 7) is 4.89. The molecule has 1 aliphatic carbocycles. The molecule has 0 aromatic carbocycles. The number of hydrogen-bond acceptors (Lipinski definition) is 3. The van der Waals surface area contributed by atoms with Crippen molar-refractivity contribution < 1.29 is 9.53 Å². The van der Waals surface area contributed by atoms with Gasteiger partial charge in [-0.15, -0.1) is 0 Å². The van der Waals surface area contributed by atoms with Crippen LogP contribution in [0, 0.1) is 11.8 Å². The minimum atomic E-state index is 0.0904. The quantitative estimate of drug-likeness (QED) is 0.853. The summed E-state index contributed by atoms with van der Waals surface area (Å²) in [6.07, 6.45) is 8.79. The van der Waals surface area contributed by atoms with Crippen LogP contribution in [0.5, 0.6) is 0 Å². The average Bonchev–Trinajstić information content (AvgIpc) is 3.12. The van der Waals surface area contributed by atoms with Crippen molar-refractivity contribution in [1.82, 2.24) is 10.2 Å². The summed E-state index contributed by atoms with van der Waals surface area (Å²) in [4.78, 5) is 14.7. The van der Waals surface area contributed by atoms with E-state index in [1.165, 1.54) is 32.2 Å². The number of carbonyl (C=O) groups is 1. The van der Waals surface area contributed by atoms with E-state index in [9.17, 15) is 4.79 Å². The Morgan fingerprint density at radius 3 is 2.75 bits per heavy atom. The van der Waals surface area contributed by atoms with Crippen molar-refractivity contribution in [2.45, 2.75) is 51.0 Å². The molecule has 4 heteroatoms. The molecule has 1 saturated carbocycles. The Kier molecular flexibility index (Phi) is 4.94. The van der Waals surface area contributed by atoms with Gasteiger partial charge in [-0.1, -0.05) is 12.8 Å². The molecule has 0 radical (unpaired) electrons. The van der Waals surface area contributed by atoms with Crippen molar-refractivity contribution in [3.8, 4) is 0 Å². The summed E-state index contributed by atoms with van der Waals surface area (Å²) < 4.78 is 5.41. The van der Waals surface area contributed by atoms with Gasteiger partial charge in [-0.3, -0.25) is 4.79 Å². The van der Waals surface area contributed by atoms with Crippen molar-refractivity contribution in [1.29, 1.82) is 0 Å². The van der Waals surface area contributed by atoms with Crippen LogP contribution in [0.3, 0.4) is 0 Å². The third-order valence-electron chi connectivity index (χ3n) is 5.14. The lowest BCUT2D eigenvalue weighted by atomic mass is 10.0. The van der Waals surface area contributed by atoms with Crippen molar-refractivity contribution in [2.24, 2.45) is 11.8 Å². The van der Waals surface area contributed by atoms with E-state index in [1.54, 1.807) is 0 Å². The number of amides is 1. The molecule has 3 aliphatic rings. The zero-order valence-corrected chi connectivity index (χ0v) is 12.5. The number of ether oxygens (including phenoxy) is 1. The summed E-state index contributed by atoms with van der Waals surface area (Å²) in [5.41, 5.74) is 0. The van der Waals surface area contributed by atoms with Gasteiger partial charge in [0.15, 0.2) is 0 Å².